The molecule has 0 unspecified atom stereocenters. The number of anilines is 2. The van der Waals surface area contributed by atoms with Crippen molar-refractivity contribution in [3.8, 4) is 11.5 Å². The van der Waals surface area contributed by atoms with Gasteiger partial charge in [-0.05, 0) is 25.3 Å². The van der Waals surface area contributed by atoms with Crippen molar-refractivity contribution in [3.63, 3.8) is 0 Å². The maximum atomic E-state index is 12.8. The molecule has 36 heavy (non-hydrogen) atoms. The molecule has 1 saturated carbocycles. The number of aldehydes is 1. The number of urea groups is 1. The van der Waals surface area contributed by atoms with Gasteiger partial charge >= 0.3 is 6.03 Å². The number of hydrogen-bond acceptors (Lipinski definition) is 8. The van der Waals surface area contributed by atoms with Crippen LogP contribution < -0.4 is 10.6 Å². The largest absolute Gasteiger partial charge is 0.339 e. The molecule has 11 nitrogen and oxygen atoms in total. The first-order chi connectivity index (χ1) is 17.5. The van der Waals surface area contributed by atoms with Crippen LogP contribution in [0.25, 0.3) is 17.2 Å². The third kappa shape index (κ3) is 5.02. The number of aromatic nitrogens is 6. The fourth-order valence-electron chi connectivity index (χ4n) is 4.35. The van der Waals surface area contributed by atoms with Crippen molar-refractivity contribution in [3.05, 3.63) is 46.3 Å². The maximum absolute atomic E-state index is 12.8. The Morgan fingerprint density at radius 3 is 2.75 bits per heavy atom. The predicted octanol–water partition coefficient (Wildman–Crippen LogP) is 5.30. The van der Waals surface area contributed by atoms with Crippen LogP contribution in [0.2, 0.25) is 10.0 Å². The van der Waals surface area contributed by atoms with E-state index >= 15 is 0 Å². The molecule has 0 saturated heterocycles. The molecule has 1 aliphatic carbocycles. The van der Waals surface area contributed by atoms with E-state index in [-0.39, 0.29) is 16.8 Å². The molecule has 13 heteroatoms. The van der Waals surface area contributed by atoms with Gasteiger partial charge in [-0.1, -0.05) is 41.2 Å². The van der Waals surface area contributed by atoms with E-state index in [1.165, 1.54) is 6.20 Å². The van der Waals surface area contributed by atoms with E-state index in [2.05, 4.69) is 35.8 Å². The molecule has 4 aromatic rings. The van der Waals surface area contributed by atoms with E-state index in [9.17, 15) is 9.59 Å². The first kappa shape index (κ1) is 24.1. The summed E-state index contributed by atoms with van der Waals surface area (Å²) < 4.78 is 6.90. The number of unbranched alkanes of at least 4 members (excludes halogenated alkanes) is 1. The Balaban J connectivity index is 1.31. The Hall–Kier alpha value is -3.57. The molecule has 5 rings (SSSR count). The number of carbonyl (C=O) groups is 2. The van der Waals surface area contributed by atoms with Crippen LogP contribution >= 0.6 is 23.2 Å². The molecule has 186 valence electrons. The van der Waals surface area contributed by atoms with Crippen molar-refractivity contribution in [1.82, 2.24) is 29.7 Å². The van der Waals surface area contributed by atoms with Gasteiger partial charge in [-0.3, -0.25) is 0 Å². The highest BCUT2D eigenvalue weighted by atomic mass is 35.5. The number of aryl methyl sites for hydroxylation is 1. The molecule has 0 aliphatic heterocycles. The van der Waals surface area contributed by atoms with Crippen LogP contribution in [-0.4, -0.2) is 42.0 Å². The van der Waals surface area contributed by atoms with E-state index in [1.54, 1.807) is 23.0 Å². The highest BCUT2D eigenvalue weighted by Crippen LogP contribution is 2.38. The molecule has 0 spiro atoms. The van der Waals surface area contributed by atoms with Crippen molar-refractivity contribution in [1.29, 1.82) is 0 Å². The fourth-order valence-corrected chi connectivity index (χ4v) is 4.78. The second-order valence-corrected chi connectivity index (χ2v) is 9.28. The van der Waals surface area contributed by atoms with Gasteiger partial charge in [0.25, 0.3) is 0 Å². The monoisotopic (exact) mass is 528 g/mol. The summed E-state index contributed by atoms with van der Waals surface area (Å²) in [6.07, 6.45) is 11.2. The minimum absolute atomic E-state index is 0.232. The van der Waals surface area contributed by atoms with Crippen LogP contribution in [0.4, 0.5) is 16.2 Å². The van der Waals surface area contributed by atoms with Gasteiger partial charge in [0.05, 0.1) is 40.7 Å². The van der Waals surface area contributed by atoms with Crippen molar-refractivity contribution in [2.75, 3.05) is 10.6 Å². The van der Waals surface area contributed by atoms with Crippen molar-refractivity contribution in [2.45, 2.75) is 50.9 Å². The average molecular weight is 529 g/mol. The second kappa shape index (κ2) is 10.6. The number of nitrogens with one attached hydrogen (secondary N) is 2. The lowest BCUT2D eigenvalue weighted by molar-refractivity contribution is -0.107. The fraction of sp³-hybridized carbons (Fsp3) is 0.348. The number of halogens is 2. The Bertz CT molecular complexity index is 1410. The standard InChI is InChI=1S/C23H22Cl2N8O3/c24-15-9-14(10-26-19(15)21-31-18(36-32-21)7-3-4-8-34)29-23(35)30-17-12-27-22-16(25)11-28-33(22)20(17)13-5-1-2-6-13/h8-13H,1-7H2,(H2,29,30,35). The molecule has 0 aromatic carbocycles. The number of carbonyl (C=O) groups excluding carboxylic acids is 2. The molecule has 4 heterocycles. The van der Waals surface area contributed by atoms with Crippen LogP contribution in [0.1, 0.15) is 56.0 Å². The topological polar surface area (TPSA) is 140 Å². The highest BCUT2D eigenvalue weighted by molar-refractivity contribution is 6.33. The summed E-state index contributed by atoms with van der Waals surface area (Å²) in [7, 11) is 0. The summed E-state index contributed by atoms with van der Waals surface area (Å²) >= 11 is 12.6. The van der Waals surface area contributed by atoms with Crippen LogP contribution in [0, 0.1) is 0 Å². The Labute approximate surface area is 215 Å². The highest BCUT2D eigenvalue weighted by Gasteiger charge is 2.25. The van der Waals surface area contributed by atoms with Crippen molar-refractivity contribution >= 4 is 52.5 Å². The number of nitrogens with zero attached hydrogens (tertiary/aromatic N) is 6. The summed E-state index contributed by atoms with van der Waals surface area (Å²) in [6.45, 7) is 0. The van der Waals surface area contributed by atoms with Crippen LogP contribution in [0.3, 0.4) is 0 Å². The van der Waals surface area contributed by atoms with Crippen molar-refractivity contribution < 1.29 is 14.1 Å². The van der Waals surface area contributed by atoms with E-state index < -0.39 is 6.03 Å². The summed E-state index contributed by atoms with van der Waals surface area (Å²) in [4.78, 5) is 36.2. The van der Waals surface area contributed by atoms with E-state index in [4.69, 9.17) is 27.7 Å². The molecular formula is C23H22Cl2N8O3. The van der Waals surface area contributed by atoms with E-state index in [1.807, 2.05) is 0 Å². The molecule has 0 atom stereocenters. The first-order valence-corrected chi connectivity index (χ1v) is 12.3. The van der Waals surface area contributed by atoms with Crippen molar-refractivity contribution in [2.24, 2.45) is 0 Å². The molecule has 4 aromatic heterocycles. The zero-order valence-corrected chi connectivity index (χ0v) is 20.6. The zero-order valence-electron chi connectivity index (χ0n) is 19.1. The van der Waals surface area contributed by atoms with Crippen LogP contribution in [-0.2, 0) is 11.2 Å². The minimum atomic E-state index is -0.476. The zero-order chi connectivity index (χ0) is 25.1. The van der Waals surface area contributed by atoms with Gasteiger partial charge in [-0.25, -0.2) is 19.3 Å². The summed E-state index contributed by atoms with van der Waals surface area (Å²) in [5.74, 6) is 0.874. The van der Waals surface area contributed by atoms with Crippen LogP contribution in [0.5, 0.6) is 0 Å². The summed E-state index contributed by atoms with van der Waals surface area (Å²) in [6, 6.07) is 1.08. The molecule has 0 radical (unpaired) electrons. The van der Waals surface area contributed by atoms with Gasteiger partial charge < -0.3 is 20.0 Å². The van der Waals surface area contributed by atoms with E-state index in [0.717, 1.165) is 37.7 Å². The van der Waals surface area contributed by atoms with Gasteiger partial charge in [0.15, 0.2) is 5.65 Å². The van der Waals surface area contributed by atoms with Gasteiger partial charge in [0.2, 0.25) is 11.7 Å². The second-order valence-electron chi connectivity index (χ2n) is 8.47. The number of pyridine rings is 1. The molecule has 2 N–H and O–H groups in total. The summed E-state index contributed by atoms with van der Waals surface area (Å²) in [5, 5.41) is 14.6. The third-order valence-electron chi connectivity index (χ3n) is 6.00. The Morgan fingerprint density at radius 1 is 1.14 bits per heavy atom. The first-order valence-electron chi connectivity index (χ1n) is 11.6. The van der Waals surface area contributed by atoms with Gasteiger partial charge in [-0.15, -0.1) is 0 Å². The number of hydrogen-bond donors (Lipinski definition) is 2. The number of rotatable bonds is 8. The van der Waals surface area contributed by atoms with Gasteiger partial charge in [-0.2, -0.15) is 10.1 Å². The lowest BCUT2D eigenvalue weighted by Gasteiger charge is -2.17. The molecular weight excluding hydrogens is 507 g/mol. The molecule has 1 fully saturated rings. The number of amides is 2. The third-order valence-corrected chi connectivity index (χ3v) is 6.56. The lowest BCUT2D eigenvalue weighted by atomic mass is 10.0. The summed E-state index contributed by atoms with van der Waals surface area (Å²) in [5.41, 5.74) is 2.71. The minimum Gasteiger partial charge on any atom is -0.339 e. The average Bonchev–Trinajstić information content (AvgIpc) is 3.62. The Kier molecular flexibility index (Phi) is 7.10. The van der Waals surface area contributed by atoms with E-state index in [0.29, 0.717) is 52.9 Å². The maximum Gasteiger partial charge on any atom is 0.323 e. The Morgan fingerprint density at radius 2 is 1.97 bits per heavy atom. The predicted molar refractivity (Wildman–Crippen MR) is 133 cm³/mol. The van der Waals surface area contributed by atoms with Gasteiger partial charge in [0.1, 0.15) is 17.0 Å². The molecule has 2 amide bonds. The van der Waals surface area contributed by atoms with Crippen LogP contribution in [0.15, 0.2) is 29.2 Å². The smallest absolute Gasteiger partial charge is 0.323 e. The number of fused-ring (bicyclic) bond motifs is 1. The molecule has 0 bridgehead atoms. The molecule has 1 aliphatic rings. The SMILES string of the molecule is O=CCCCc1nc(-c2ncc(NC(=O)Nc3cnc4c(Cl)cnn4c3C3CCCC3)cc2Cl)no1. The normalized spacial score (nSPS) is 13.8. The van der Waals surface area contributed by atoms with Gasteiger partial charge in [0, 0.05) is 18.8 Å². The quantitative estimate of drug-likeness (QED) is 0.231. The lowest BCUT2D eigenvalue weighted by Crippen LogP contribution is -2.22.